The smallest absolute Gasteiger partial charge is 0.143 e. The number of ether oxygens (including phenoxy) is 1. The summed E-state index contributed by atoms with van der Waals surface area (Å²) < 4.78 is 5.81. The molecule has 4 N–H and O–H groups in total. The molecule has 0 fully saturated rings. The second-order valence-corrected chi connectivity index (χ2v) is 4.72. The topological polar surface area (TPSA) is 67.5 Å². The third kappa shape index (κ3) is 2.13. The van der Waals surface area contributed by atoms with Crippen LogP contribution in [0.1, 0.15) is 25.5 Å². The van der Waals surface area contributed by atoms with Crippen LogP contribution in [-0.2, 0) is 0 Å². The highest BCUT2D eigenvalue weighted by Crippen LogP contribution is 2.34. The van der Waals surface area contributed by atoms with Gasteiger partial charge in [0.25, 0.3) is 0 Å². The average molecular weight is 222 g/mol. The summed E-state index contributed by atoms with van der Waals surface area (Å²) in [6.45, 7) is 5.05. The van der Waals surface area contributed by atoms with Crippen molar-refractivity contribution in [3.05, 3.63) is 23.8 Å². The molecule has 0 radical (unpaired) electrons. The first kappa shape index (κ1) is 11.2. The summed E-state index contributed by atoms with van der Waals surface area (Å²) in [6, 6.07) is 5.61. The van der Waals surface area contributed by atoms with Crippen molar-refractivity contribution in [2.24, 2.45) is 5.73 Å². The standard InChI is InChI=1S/C12H18N2O2/c1-12(2)7-14-9-5-8(10(15)6-13)3-4-11(9)16-12/h3-5,10,14-15H,6-7,13H2,1-2H3. The molecule has 1 atom stereocenters. The molecule has 0 aliphatic carbocycles. The molecule has 4 heteroatoms. The van der Waals surface area contributed by atoms with Crippen molar-refractivity contribution in [3.63, 3.8) is 0 Å². The summed E-state index contributed by atoms with van der Waals surface area (Å²) in [4.78, 5) is 0. The molecule has 16 heavy (non-hydrogen) atoms. The fourth-order valence-electron chi connectivity index (χ4n) is 1.76. The number of benzene rings is 1. The van der Waals surface area contributed by atoms with E-state index in [1.54, 1.807) is 0 Å². The number of anilines is 1. The van der Waals surface area contributed by atoms with Gasteiger partial charge in [0.05, 0.1) is 18.3 Å². The number of nitrogens with one attached hydrogen (secondary N) is 1. The maximum absolute atomic E-state index is 9.64. The van der Waals surface area contributed by atoms with Crippen molar-refractivity contribution < 1.29 is 9.84 Å². The minimum Gasteiger partial charge on any atom is -0.484 e. The van der Waals surface area contributed by atoms with Crippen molar-refractivity contribution in [1.82, 2.24) is 0 Å². The lowest BCUT2D eigenvalue weighted by molar-refractivity contribution is 0.116. The van der Waals surface area contributed by atoms with Crippen molar-refractivity contribution in [3.8, 4) is 5.75 Å². The maximum Gasteiger partial charge on any atom is 0.143 e. The molecule has 4 nitrogen and oxygen atoms in total. The Hall–Kier alpha value is -1.26. The minimum absolute atomic E-state index is 0.193. The van der Waals surface area contributed by atoms with E-state index in [1.807, 2.05) is 32.0 Å². The van der Waals surface area contributed by atoms with Crippen LogP contribution in [0.2, 0.25) is 0 Å². The van der Waals surface area contributed by atoms with E-state index in [4.69, 9.17) is 10.5 Å². The molecule has 0 bridgehead atoms. The van der Waals surface area contributed by atoms with E-state index in [2.05, 4.69) is 5.32 Å². The molecule has 1 aromatic rings. The number of rotatable bonds is 2. The summed E-state index contributed by atoms with van der Waals surface area (Å²) in [7, 11) is 0. The SMILES string of the molecule is CC1(C)CNc2cc(C(O)CN)ccc2O1. The molecule has 1 heterocycles. The van der Waals surface area contributed by atoms with Crippen LogP contribution in [0.3, 0.4) is 0 Å². The zero-order chi connectivity index (χ0) is 11.8. The molecule has 0 aromatic heterocycles. The Morgan fingerprint density at radius 3 is 3.00 bits per heavy atom. The fraction of sp³-hybridized carbons (Fsp3) is 0.500. The molecule has 0 saturated heterocycles. The summed E-state index contributed by atoms with van der Waals surface area (Å²) in [6.07, 6.45) is -0.609. The normalized spacial score (nSPS) is 19.2. The van der Waals surface area contributed by atoms with Crippen LogP contribution in [0, 0.1) is 0 Å². The Kier molecular flexibility index (Phi) is 2.78. The highest BCUT2D eigenvalue weighted by Gasteiger charge is 2.26. The van der Waals surface area contributed by atoms with Crippen LogP contribution < -0.4 is 15.8 Å². The van der Waals surface area contributed by atoms with Gasteiger partial charge in [-0.15, -0.1) is 0 Å². The first-order valence-corrected chi connectivity index (χ1v) is 5.47. The van der Waals surface area contributed by atoms with Crippen LogP contribution in [0.4, 0.5) is 5.69 Å². The van der Waals surface area contributed by atoms with Gasteiger partial charge in [-0.25, -0.2) is 0 Å². The lowest BCUT2D eigenvalue weighted by Gasteiger charge is -2.33. The number of nitrogens with two attached hydrogens (primary N) is 1. The van der Waals surface area contributed by atoms with E-state index < -0.39 is 6.10 Å². The highest BCUT2D eigenvalue weighted by atomic mass is 16.5. The zero-order valence-electron chi connectivity index (χ0n) is 9.66. The number of aliphatic hydroxyl groups excluding tert-OH is 1. The van der Waals surface area contributed by atoms with Crippen molar-refractivity contribution in [1.29, 1.82) is 0 Å². The minimum atomic E-state index is -0.609. The molecule has 1 aromatic carbocycles. The van der Waals surface area contributed by atoms with Crippen LogP contribution in [0.15, 0.2) is 18.2 Å². The summed E-state index contributed by atoms with van der Waals surface area (Å²) in [5.74, 6) is 0.823. The van der Waals surface area contributed by atoms with Gasteiger partial charge < -0.3 is 20.9 Å². The van der Waals surface area contributed by atoms with E-state index in [9.17, 15) is 5.11 Å². The Morgan fingerprint density at radius 1 is 1.56 bits per heavy atom. The van der Waals surface area contributed by atoms with Gasteiger partial charge in [-0.05, 0) is 31.5 Å². The van der Waals surface area contributed by atoms with Gasteiger partial charge in [0.1, 0.15) is 11.4 Å². The summed E-state index contributed by atoms with van der Waals surface area (Å²) in [5.41, 5.74) is 6.97. The third-order valence-corrected chi connectivity index (χ3v) is 2.70. The van der Waals surface area contributed by atoms with Crippen molar-refractivity contribution in [2.75, 3.05) is 18.4 Å². The Bertz CT molecular complexity index is 391. The second-order valence-electron chi connectivity index (χ2n) is 4.72. The monoisotopic (exact) mass is 222 g/mol. The lowest BCUT2D eigenvalue weighted by Crippen LogP contribution is -2.40. The molecule has 0 saturated carbocycles. The van der Waals surface area contributed by atoms with Gasteiger partial charge in [-0.1, -0.05) is 6.07 Å². The van der Waals surface area contributed by atoms with Gasteiger partial charge in [0, 0.05) is 6.54 Å². The van der Waals surface area contributed by atoms with Crippen LogP contribution >= 0.6 is 0 Å². The van der Waals surface area contributed by atoms with Crippen LogP contribution in [0.5, 0.6) is 5.75 Å². The van der Waals surface area contributed by atoms with Crippen molar-refractivity contribution >= 4 is 5.69 Å². The Morgan fingerprint density at radius 2 is 2.31 bits per heavy atom. The van der Waals surface area contributed by atoms with Crippen LogP contribution in [0.25, 0.3) is 0 Å². The molecule has 2 rings (SSSR count). The van der Waals surface area contributed by atoms with Crippen LogP contribution in [-0.4, -0.2) is 23.8 Å². The predicted molar refractivity (Wildman–Crippen MR) is 63.7 cm³/mol. The first-order chi connectivity index (χ1) is 7.52. The maximum atomic E-state index is 9.64. The average Bonchev–Trinajstić information content (AvgIpc) is 2.26. The summed E-state index contributed by atoms with van der Waals surface area (Å²) >= 11 is 0. The molecule has 0 spiro atoms. The summed E-state index contributed by atoms with van der Waals surface area (Å²) in [5, 5.41) is 12.9. The molecule has 88 valence electrons. The fourth-order valence-corrected chi connectivity index (χ4v) is 1.76. The molecular weight excluding hydrogens is 204 g/mol. The van der Waals surface area contributed by atoms with Crippen molar-refractivity contribution in [2.45, 2.75) is 25.6 Å². The molecule has 1 aliphatic heterocycles. The van der Waals surface area contributed by atoms with E-state index in [-0.39, 0.29) is 12.1 Å². The number of fused-ring (bicyclic) bond motifs is 1. The van der Waals surface area contributed by atoms with E-state index in [0.717, 1.165) is 23.5 Å². The van der Waals surface area contributed by atoms with Gasteiger partial charge in [0.2, 0.25) is 0 Å². The Labute approximate surface area is 95.4 Å². The molecule has 1 aliphatic rings. The Balaban J connectivity index is 2.28. The number of hydrogen-bond donors (Lipinski definition) is 3. The van der Waals surface area contributed by atoms with Gasteiger partial charge in [-0.2, -0.15) is 0 Å². The highest BCUT2D eigenvalue weighted by molar-refractivity contribution is 5.60. The molecular formula is C12H18N2O2. The van der Waals surface area contributed by atoms with Gasteiger partial charge in [-0.3, -0.25) is 0 Å². The number of aliphatic hydroxyl groups is 1. The quantitative estimate of drug-likeness (QED) is 0.704. The lowest BCUT2D eigenvalue weighted by atomic mass is 10.0. The largest absolute Gasteiger partial charge is 0.484 e. The van der Waals surface area contributed by atoms with E-state index >= 15 is 0 Å². The number of hydrogen-bond acceptors (Lipinski definition) is 4. The second kappa shape index (κ2) is 3.96. The van der Waals surface area contributed by atoms with E-state index in [1.165, 1.54) is 0 Å². The molecule has 1 unspecified atom stereocenters. The first-order valence-electron chi connectivity index (χ1n) is 5.47. The van der Waals surface area contributed by atoms with Gasteiger partial charge >= 0.3 is 0 Å². The third-order valence-electron chi connectivity index (χ3n) is 2.70. The van der Waals surface area contributed by atoms with Gasteiger partial charge in [0.15, 0.2) is 0 Å². The zero-order valence-corrected chi connectivity index (χ0v) is 9.66. The predicted octanol–water partition coefficient (Wildman–Crippen LogP) is 1.26. The van der Waals surface area contributed by atoms with E-state index in [0.29, 0.717) is 0 Å². The molecule has 0 amide bonds.